The predicted molar refractivity (Wildman–Crippen MR) is 261 cm³/mol. The first-order valence-corrected chi connectivity index (χ1v) is 24.9. The molecule has 0 amide bonds. The average molecular weight is 919 g/mol. The number of hydrogen-bond acceptors (Lipinski definition) is 2. The van der Waals surface area contributed by atoms with E-state index in [0.717, 1.165) is 0 Å². The van der Waals surface area contributed by atoms with Gasteiger partial charge >= 0.3 is 27.0 Å². The van der Waals surface area contributed by atoms with E-state index >= 15 is 0 Å². The molecule has 2 aromatic heterocycles. The molecule has 0 atom stereocenters. The Bertz CT molecular complexity index is 2460. The molecule has 293 valence electrons. The maximum atomic E-state index is 4.57. The minimum absolute atomic E-state index is 1.27. The van der Waals surface area contributed by atoms with E-state index in [1.165, 1.54) is 64.5 Å². The minimum atomic E-state index is -1.37. The molecular weight excluding hydrogens is 875 g/mol. The Morgan fingerprint density at radius 1 is 0.283 bits per heavy atom. The molecule has 2 heterocycles. The molecule has 0 saturated carbocycles. The summed E-state index contributed by atoms with van der Waals surface area (Å²) in [4.78, 5) is 7.57. The second kappa shape index (κ2) is 22.6. The van der Waals surface area contributed by atoms with Crippen LogP contribution in [0.5, 0.6) is 0 Å². The van der Waals surface area contributed by atoms with Crippen molar-refractivity contribution in [2.75, 3.05) is 0 Å². The normalized spacial score (nSPS) is 10.5. The van der Waals surface area contributed by atoms with Gasteiger partial charge in [-0.1, -0.05) is 146 Å². The van der Waals surface area contributed by atoms with E-state index < -0.39 is 15.8 Å². The predicted octanol–water partition coefficient (Wildman–Crippen LogP) is 11.5. The zero-order chi connectivity index (χ0) is 41.2. The van der Waals surface area contributed by atoms with E-state index in [9.17, 15) is 0 Å². The monoisotopic (exact) mass is 919 g/mol. The fourth-order valence-electron chi connectivity index (χ4n) is 7.50. The Hall–Kier alpha value is -5.65. The summed E-state index contributed by atoms with van der Waals surface area (Å²) >= 11 is 1.82. The quantitative estimate of drug-likeness (QED) is 0.118. The first-order chi connectivity index (χ1) is 29.9. The molecule has 10 aromatic rings. The van der Waals surface area contributed by atoms with Crippen LogP contribution in [0.2, 0.25) is 0 Å². The first-order valence-electron chi connectivity index (χ1n) is 19.7. The molecule has 0 radical (unpaired) electrons. The van der Waals surface area contributed by atoms with Crippen molar-refractivity contribution in [1.82, 2.24) is 9.97 Å². The van der Waals surface area contributed by atoms with Crippen LogP contribution in [-0.4, -0.2) is 9.97 Å². The zero-order valence-electron chi connectivity index (χ0n) is 32.9. The van der Waals surface area contributed by atoms with Crippen molar-refractivity contribution < 1.29 is 17.3 Å². The number of fused-ring (bicyclic) bond motifs is 2. The molecule has 0 N–H and O–H groups in total. The summed E-state index contributed by atoms with van der Waals surface area (Å²) in [5, 5.41) is 13.6. The van der Waals surface area contributed by atoms with Crippen molar-refractivity contribution in [3.05, 3.63) is 255 Å². The van der Waals surface area contributed by atoms with Crippen molar-refractivity contribution in [2.24, 2.45) is 0 Å². The van der Waals surface area contributed by atoms with Crippen LogP contribution in [0.25, 0.3) is 32.7 Å². The van der Waals surface area contributed by atoms with Gasteiger partial charge in [0.1, 0.15) is 31.8 Å². The van der Waals surface area contributed by atoms with Gasteiger partial charge in [0.05, 0.1) is 15.8 Å². The van der Waals surface area contributed by atoms with Crippen LogP contribution in [0.3, 0.4) is 0 Å². The third-order valence-electron chi connectivity index (χ3n) is 10.0. The molecule has 0 spiro atoms. The van der Waals surface area contributed by atoms with Gasteiger partial charge in [0.25, 0.3) is 0 Å². The summed E-state index contributed by atoms with van der Waals surface area (Å²) in [6, 6.07) is 83.6. The van der Waals surface area contributed by atoms with Crippen LogP contribution in [0.1, 0.15) is 0 Å². The van der Waals surface area contributed by atoms with Gasteiger partial charge in [0, 0.05) is 35.9 Å². The topological polar surface area (TPSA) is 25.8 Å². The maximum absolute atomic E-state index is 4.57. The number of pyridine rings is 2. The van der Waals surface area contributed by atoms with Gasteiger partial charge in [0.15, 0.2) is 0 Å². The molecule has 0 aliphatic rings. The molecule has 0 aliphatic carbocycles. The SMILES string of the molecule is [Cl][Ru].c1ccc([PH+](c2ccccc2)c2ccc3ccccc3c2-c2c([PH+](c3ccccc3)c3ccccc3)ccc3ccccc23)cc1.c1ccncc1.c1ccncc1. The van der Waals surface area contributed by atoms with Gasteiger partial charge in [-0.25, -0.2) is 0 Å². The fraction of sp³-hybridized carbons (Fsp3) is 0. The Morgan fingerprint density at radius 2 is 0.550 bits per heavy atom. The molecular formula is C54H44ClN2P2Ru+2. The number of aromatic nitrogens is 2. The Kier molecular flexibility index (Phi) is 16.0. The van der Waals surface area contributed by atoms with Crippen molar-refractivity contribution in [1.29, 1.82) is 0 Å². The van der Waals surface area contributed by atoms with Crippen LogP contribution >= 0.6 is 25.5 Å². The summed E-state index contributed by atoms with van der Waals surface area (Å²) in [5.41, 5.74) is 2.75. The number of benzene rings is 8. The zero-order valence-corrected chi connectivity index (χ0v) is 37.4. The molecule has 10 rings (SSSR count). The molecule has 6 heteroatoms. The summed E-state index contributed by atoms with van der Waals surface area (Å²) < 4.78 is 0. The van der Waals surface area contributed by atoms with Gasteiger partial charge < -0.3 is 0 Å². The maximum Gasteiger partial charge on any atom is 0.111 e. The summed E-state index contributed by atoms with van der Waals surface area (Å²) in [7, 11) is 1.83. The summed E-state index contributed by atoms with van der Waals surface area (Å²) in [5.74, 6) is 0. The van der Waals surface area contributed by atoms with Crippen molar-refractivity contribution in [2.45, 2.75) is 0 Å². The van der Waals surface area contributed by atoms with Crippen LogP contribution < -0.4 is 31.8 Å². The third-order valence-corrected chi connectivity index (χ3v) is 15.6. The molecule has 0 bridgehead atoms. The molecule has 0 fully saturated rings. The van der Waals surface area contributed by atoms with Crippen LogP contribution in [0.15, 0.2) is 255 Å². The largest absolute Gasteiger partial charge is 0.265 e. The molecule has 8 aromatic carbocycles. The van der Waals surface area contributed by atoms with Gasteiger partial charge in [-0.3, -0.25) is 9.97 Å². The third kappa shape index (κ3) is 10.6. The smallest absolute Gasteiger partial charge is 0.111 e. The van der Waals surface area contributed by atoms with Gasteiger partial charge in [-0.05, 0) is 106 Å². The first kappa shape index (κ1) is 42.5. The molecule has 2 nitrogen and oxygen atoms in total. The Morgan fingerprint density at radius 3 is 0.817 bits per heavy atom. The second-order valence-corrected chi connectivity index (χ2v) is 18.6. The average Bonchev–Trinajstić information content (AvgIpc) is 3.35. The second-order valence-electron chi connectivity index (χ2n) is 13.7. The van der Waals surface area contributed by atoms with E-state index in [0.29, 0.717) is 0 Å². The fourth-order valence-corrected chi connectivity index (χ4v) is 13.0. The number of nitrogens with zero attached hydrogens (tertiary/aromatic N) is 2. The Balaban J connectivity index is 0.000000332. The Labute approximate surface area is 370 Å². The van der Waals surface area contributed by atoms with E-state index in [2.05, 4.69) is 214 Å². The van der Waals surface area contributed by atoms with Crippen molar-refractivity contribution >= 4 is 78.9 Å². The van der Waals surface area contributed by atoms with Crippen LogP contribution in [-0.2, 0) is 17.3 Å². The van der Waals surface area contributed by atoms with E-state index in [1.54, 1.807) is 24.8 Å². The van der Waals surface area contributed by atoms with Crippen LogP contribution in [0.4, 0.5) is 0 Å². The number of rotatable bonds is 7. The van der Waals surface area contributed by atoms with E-state index in [-0.39, 0.29) is 0 Å². The van der Waals surface area contributed by atoms with Gasteiger partial charge in [0.2, 0.25) is 0 Å². The van der Waals surface area contributed by atoms with Crippen molar-refractivity contribution in [3.63, 3.8) is 0 Å². The molecule has 0 saturated heterocycles. The molecule has 0 aliphatic heterocycles. The van der Waals surface area contributed by atoms with E-state index in [1.807, 2.05) is 53.7 Å². The van der Waals surface area contributed by atoms with Gasteiger partial charge in [-0.15, -0.1) is 0 Å². The molecule has 0 unspecified atom stereocenters. The van der Waals surface area contributed by atoms with Gasteiger partial charge in [-0.2, -0.15) is 0 Å². The number of hydrogen-bond donors (Lipinski definition) is 0. The van der Waals surface area contributed by atoms with Crippen molar-refractivity contribution in [3.8, 4) is 11.1 Å². The van der Waals surface area contributed by atoms with Crippen LogP contribution in [0, 0.1) is 0 Å². The molecule has 60 heavy (non-hydrogen) atoms. The standard InChI is InChI=1S/C44H32P2.2C5H5N.ClH.Ru/c1-5-19-35(20-6-1)45(36-21-7-2-8-22-36)41-31-29-33-17-13-15-27-39(33)43(41)44-40-28-16-14-18-34(40)30-32-42(44)46(37-23-9-3-10-24-37)38-25-11-4-12-26-38;2*1-2-4-6-5-3-1;;/h1-32H;2*1-5H;1H;/q;;;;+1/p+1. The summed E-state index contributed by atoms with van der Waals surface area (Å²) in [6.45, 7) is 0. The minimum Gasteiger partial charge on any atom is -0.265 e. The van der Waals surface area contributed by atoms with E-state index in [4.69, 9.17) is 0 Å². The summed E-state index contributed by atoms with van der Waals surface area (Å²) in [6.07, 6.45) is 7.00. The number of halogens is 1.